The predicted molar refractivity (Wildman–Crippen MR) is 82.8 cm³/mol. The van der Waals surface area contributed by atoms with Crippen LogP contribution in [0.2, 0.25) is 0 Å². The Kier molecular flexibility index (Phi) is 6.00. The highest BCUT2D eigenvalue weighted by atomic mass is 16.4. The summed E-state index contributed by atoms with van der Waals surface area (Å²) in [5, 5.41) is 13.8. The van der Waals surface area contributed by atoms with Crippen molar-refractivity contribution in [3.63, 3.8) is 0 Å². The zero-order chi connectivity index (χ0) is 15.8. The number of hydrogen-bond donors (Lipinski definition) is 3. The molecule has 0 bridgehead atoms. The number of aliphatic carboxylic acids is 1. The number of amides is 2. The van der Waals surface area contributed by atoms with Gasteiger partial charge in [-0.2, -0.15) is 0 Å². The van der Waals surface area contributed by atoms with Gasteiger partial charge in [0.2, 0.25) is 0 Å². The number of nitrogens with one attached hydrogen (secondary N) is 2. The summed E-state index contributed by atoms with van der Waals surface area (Å²) in [5.74, 6) is -0.452. The molecule has 1 aromatic rings. The molecule has 120 valence electrons. The van der Waals surface area contributed by atoms with Crippen molar-refractivity contribution in [2.75, 3.05) is 31.1 Å². The van der Waals surface area contributed by atoms with E-state index in [1.165, 1.54) is 5.69 Å². The Labute approximate surface area is 129 Å². The lowest BCUT2D eigenvalue weighted by Crippen LogP contribution is -2.42. The fourth-order valence-electron chi connectivity index (χ4n) is 2.53. The van der Waals surface area contributed by atoms with Crippen molar-refractivity contribution >= 4 is 17.7 Å². The molecule has 7 heteroatoms. The topological polar surface area (TPSA) is 94.6 Å². The number of hydrogen-bond acceptors (Lipinski definition) is 4. The summed E-state index contributed by atoms with van der Waals surface area (Å²) in [6.45, 7) is 2.72. The number of anilines is 1. The van der Waals surface area contributed by atoms with Crippen LogP contribution in [0.25, 0.3) is 0 Å². The minimum Gasteiger partial charge on any atom is -0.481 e. The van der Waals surface area contributed by atoms with Gasteiger partial charge in [0.25, 0.3) is 0 Å². The average molecular weight is 306 g/mol. The largest absolute Gasteiger partial charge is 0.481 e. The third-order valence-electron chi connectivity index (χ3n) is 3.82. The van der Waals surface area contributed by atoms with E-state index in [1.807, 2.05) is 12.1 Å². The number of nitrogens with zero attached hydrogens (tertiary/aromatic N) is 2. The fraction of sp³-hybridized carbons (Fsp3) is 0.533. The maximum absolute atomic E-state index is 11.5. The van der Waals surface area contributed by atoms with Gasteiger partial charge in [-0.3, -0.25) is 9.78 Å². The van der Waals surface area contributed by atoms with Gasteiger partial charge in [0.15, 0.2) is 0 Å². The maximum Gasteiger partial charge on any atom is 0.314 e. The molecule has 0 unspecified atom stereocenters. The smallest absolute Gasteiger partial charge is 0.314 e. The molecule has 1 aliphatic rings. The predicted octanol–water partition coefficient (Wildman–Crippen LogP) is 1.07. The summed E-state index contributed by atoms with van der Waals surface area (Å²) in [6.07, 6.45) is 5.59. The second kappa shape index (κ2) is 8.21. The highest BCUT2D eigenvalue weighted by Crippen LogP contribution is 2.22. The molecule has 2 amide bonds. The Balaban J connectivity index is 1.63. The standard InChI is InChI=1S/C15H22N4O3/c20-14(21)3-8-17-15(22)18-11-12-4-9-19(10-5-12)13-1-6-16-7-2-13/h1-2,6-7,12H,3-5,8-11H2,(H,20,21)(H2,17,18,22). The van der Waals surface area contributed by atoms with Crippen molar-refractivity contribution < 1.29 is 14.7 Å². The van der Waals surface area contributed by atoms with E-state index in [1.54, 1.807) is 12.4 Å². The molecule has 0 saturated carbocycles. The molecule has 0 radical (unpaired) electrons. The van der Waals surface area contributed by atoms with Gasteiger partial charge >= 0.3 is 12.0 Å². The lowest BCUT2D eigenvalue weighted by atomic mass is 9.96. The molecule has 7 nitrogen and oxygen atoms in total. The molecule has 0 atom stereocenters. The quantitative estimate of drug-likeness (QED) is 0.731. The van der Waals surface area contributed by atoms with Gasteiger partial charge in [-0.1, -0.05) is 0 Å². The Morgan fingerprint density at radius 3 is 2.55 bits per heavy atom. The molecule has 0 aliphatic carbocycles. The van der Waals surface area contributed by atoms with Crippen LogP contribution in [0.1, 0.15) is 19.3 Å². The number of carboxylic acid groups (broad SMARTS) is 1. The average Bonchev–Trinajstić information content (AvgIpc) is 2.54. The van der Waals surface area contributed by atoms with Gasteiger partial charge in [0, 0.05) is 44.3 Å². The van der Waals surface area contributed by atoms with Crippen molar-refractivity contribution in [3.05, 3.63) is 24.5 Å². The number of carbonyl (C=O) groups is 2. The van der Waals surface area contributed by atoms with Crippen LogP contribution < -0.4 is 15.5 Å². The van der Waals surface area contributed by atoms with E-state index in [0.29, 0.717) is 12.5 Å². The Morgan fingerprint density at radius 2 is 1.91 bits per heavy atom. The van der Waals surface area contributed by atoms with Crippen molar-refractivity contribution in [1.82, 2.24) is 15.6 Å². The Bertz CT molecular complexity index is 487. The summed E-state index contributed by atoms with van der Waals surface area (Å²) in [7, 11) is 0. The monoisotopic (exact) mass is 306 g/mol. The van der Waals surface area contributed by atoms with Crippen molar-refractivity contribution in [2.45, 2.75) is 19.3 Å². The van der Waals surface area contributed by atoms with E-state index in [4.69, 9.17) is 5.11 Å². The van der Waals surface area contributed by atoms with Gasteiger partial charge in [-0.25, -0.2) is 4.79 Å². The van der Waals surface area contributed by atoms with Gasteiger partial charge in [0.05, 0.1) is 6.42 Å². The minimum atomic E-state index is -0.913. The number of piperidine rings is 1. The number of carbonyl (C=O) groups excluding carboxylic acids is 1. The minimum absolute atomic E-state index is 0.0578. The van der Waals surface area contributed by atoms with E-state index in [0.717, 1.165) is 25.9 Å². The molecular weight excluding hydrogens is 284 g/mol. The zero-order valence-electron chi connectivity index (χ0n) is 12.5. The molecule has 2 rings (SSSR count). The number of carboxylic acids is 1. The number of urea groups is 1. The molecule has 0 spiro atoms. The van der Waals surface area contributed by atoms with Crippen LogP contribution in [0.5, 0.6) is 0 Å². The van der Waals surface area contributed by atoms with Crippen molar-refractivity contribution in [3.8, 4) is 0 Å². The van der Waals surface area contributed by atoms with Gasteiger partial charge in [0.1, 0.15) is 0 Å². The number of aromatic nitrogens is 1. The third kappa shape index (κ3) is 5.23. The summed E-state index contributed by atoms with van der Waals surface area (Å²) in [4.78, 5) is 28.2. The lowest BCUT2D eigenvalue weighted by Gasteiger charge is -2.33. The molecule has 1 saturated heterocycles. The molecule has 0 aromatic carbocycles. The van der Waals surface area contributed by atoms with Crippen molar-refractivity contribution in [2.24, 2.45) is 5.92 Å². The van der Waals surface area contributed by atoms with E-state index < -0.39 is 5.97 Å². The summed E-state index contributed by atoms with van der Waals surface area (Å²) in [6, 6.07) is 3.72. The highest BCUT2D eigenvalue weighted by Gasteiger charge is 2.19. The summed E-state index contributed by atoms with van der Waals surface area (Å²) < 4.78 is 0. The van der Waals surface area contributed by atoms with Crippen LogP contribution >= 0.6 is 0 Å². The highest BCUT2D eigenvalue weighted by molar-refractivity contribution is 5.74. The third-order valence-corrected chi connectivity index (χ3v) is 3.82. The van der Waals surface area contributed by atoms with E-state index >= 15 is 0 Å². The van der Waals surface area contributed by atoms with Crippen LogP contribution in [0.3, 0.4) is 0 Å². The molecule has 22 heavy (non-hydrogen) atoms. The second-order valence-electron chi connectivity index (χ2n) is 5.42. The van der Waals surface area contributed by atoms with Crippen LogP contribution in [0, 0.1) is 5.92 Å². The SMILES string of the molecule is O=C(O)CCNC(=O)NCC1CCN(c2ccncc2)CC1. The molecule has 2 heterocycles. The van der Waals surface area contributed by atoms with Crippen LogP contribution in [-0.4, -0.2) is 48.3 Å². The first kappa shape index (κ1) is 16.1. The van der Waals surface area contributed by atoms with Gasteiger partial charge in [-0.05, 0) is 30.9 Å². The lowest BCUT2D eigenvalue weighted by molar-refractivity contribution is -0.136. The normalized spacial score (nSPS) is 15.4. The van der Waals surface area contributed by atoms with Crippen molar-refractivity contribution in [1.29, 1.82) is 0 Å². The summed E-state index contributed by atoms with van der Waals surface area (Å²) >= 11 is 0. The second-order valence-corrected chi connectivity index (χ2v) is 5.42. The van der Waals surface area contributed by atoms with Crippen LogP contribution in [0.15, 0.2) is 24.5 Å². The first-order chi connectivity index (χ1) is 10.6. The Morgan fingerprint density at radius 1 is 1.23 bits per heavy atom. The Hall–Kier alpha value is -2.31. The first-order valence-electron chi connectivity index (χ1n) is 7.53. The number of rotatable bonds is 6. The number of pyridine rings is 1. The first-order valence-corrected chi connectivity index (χ1v) is 7.53. The summed E-state index contributed by atoms with van der Waals surface area (Å²) in [5.41, 5.74) is 1.19. The van der Waals surface area contributed by atoms with E-state index in [9.17, 15) is 9.59 Å². The van der Waals surface area contributed by atoms with Gasteiger partial charge < -0.3 is 20.6 Å². The molecule has 1 aliphatic heterocycles. The molecule has 1 aromatic heterocycles. The zero-order valence-corrected chi connectivity index (χ0v) is 12.5. The van der Waals surface area contributed by atoms with Crippen LogP contribution in [0.4, 0.5) is 10.5 Å². The van der Waals surface area contributed by atoms with E-state index in [2.05, 4.69) is 20.5 Å². The van der Waals surface area contributed by atoms with Crippen LogP contribution in [-0.2, 0) is 4.79 Å². The van der Waals surface area contributed by atoms with E-state index in [-0.39, 0.29) is 19.0 Å². The fourth-order valence-corrected chi connectivity index (χ4v) is 2.53. The molecule has 3 N–H and O–H groups in total. The molecule has 1 fully saturated rings. The maximum atomic E-state index is 11.5. The molecular formula is C15H22N4O3. The van der Waals surface area contributed by atoms with Gasteiger partial charge in [-0.15, -0.1) is 0 Å².